The highest BCUT2D eigenvalue weighted by molar-refractivity contribution is 6.32. The zero-order valence-corrected chi connectivity index (χ0v) is 12.8. The number of rotatable bonds is 4. The lowest BCUT2D eigenvalue weighted by molar-refractivity contribution is 0.0701. The number of phenolic OH excluding ortho intramolecular Hbond substituents is 1. The number of halogens is 1. The Morgan fingerprint density at radius 1 is 1.29 bits per heavy atom. The first kappa shape index (κ1) is 14.7. The average molecular weight is 309 g/mol. The summed E-state index contributed by atoms with van der Waals surface area (Å²) in [6.07, 6.45) is 4.46. The van der Waals surface area contributed by atoms with Crippen LogP contribution in [0.3, 0.4) is 0 Å². The highest BCUT2D eigenvalue weighted by Crippen LogP contribution is 2.31. The maximum absolute atomic E-state index is 12.7. The molecule has 1 heterocycles. The average Bonchev–Trinajstić information content (AvgIpc) is 3.33. The van der Waals surface area contributed by atoms with E-state index in [1.165, 1.54) is 6.07 Å². The fourth-order valence-electron chi connectivity index (χ4n) is 2.93. The normalized spacial score (nSPS) is 19.5. The summed E-state index contributed by atoms with van der Waals surface area (Å²) in [5, 5.41) is 13.1. The summed E-state index contributed by atoms with van der Waals surface area (Å²) < 4.78 is 0. The third kappa shape index (κ3) is 3.50. The molecule has 3 rings (SSSR count). The van der Waals surface area contributed by atoms with Crippen LogP contribution in [0.1, 0.15) is 36.0 Å². The molecule has 0 aromatic heterocycles. The second kappa shape index (κ2) is 6.24. The lowest BCUT2D eigenvalue weighted by atomic mass is 9.97. The van der Waals surface area contributed by atoms with Crippen LogP contribution in [-0.4, -0.2) is 41.6 Å². The summed E-state index contributed by atoms with van der Waals surface area (Å²) in [5.74, 6) is 0.644. The van der Waals surface area contributed by atoms with Crippen LogP contribution in [0.25, 0.3) is 0 Å². The van der Waals surface area contributed by atoms with Crippen LogP contribution >= 0.6 is 11.6 Å². The van der Waals surface area contributed by atoms with Crippen LogP contribution in [0.15, 0.2) is 18.2 Å². The molecule has 1 saturated carbocycles. The second-order valence-corrected chi connectivity index (χ2v) is 6.46. The van der Waals surface area contributed by atoms with E-state index >= 15 is 0 Å². The van der Waals surface area contributed by atoms with Gasteiger partial charge in [-0.3, -0.25) is 4.79 Å². The molecule has 2 N–H and O–H groups in total. The van der Waals surface area contributed by atoms with Gasteiger partial charge in [0.2, 0.25) is 0 Å². The van der Waals surface area contributed by atoms with Crippen LogP contribution in [-0.2, 0) is 0 Å². The Morgan fingerprint density at radius 2 is 2.00 bits per heavy atom. The fraction of sp³-hybridized carbons (Fsp3) is 0.562. The number of aromatic hydroxyl groups is 1. The number of carbonyl (C=O) groups is 1. The zero-order chi connectivity index (χ0) is 14.8. The van der Waals surface area contributed by atoms with Gasteiger partial charge in [-0.1, -0.05) is 11.6 Å². The van der Waals surface area contributed by atoms with E-state index in [0.717, 1.165) is 45.3 Å². The molecule has 0 unspecified atom stereocenters. The van der Waals surface area contributed by atoms with Gasteiger partial charge in [0, 0.05) is 18.2 Å². The number of phenols is 1. The molecule has 1 amide bonds. The van der Waals surface area contributed by atoms with Gasteiger partial charge in [-0.05, 0) is 62.9 Å². The van der Waals surface area contributed by atoms with Crippen molar-refractivity contribution < 1.29 is 9.90 Å². The maximum Gasteiger partial charge on any atom is 0.254 e. The van der Waals surface area contributed by atoms with E-state index in [9.17, 15) is 9.90 Å². The topological polar surface area (TPSA) is 52.6 Å². The number of carbonyl (C=O) groups excluding carboxylic acids is 1. The Morgan fingerprint density at radius 3 is 2.62 bits per heavy atom. The molecule has 0 spiro atoms. The number of benzene rings is 1. The summed E-state index contributed by atoms with van der Waals surface area (Å²) in [5.41, 5.74) is 0.568. The summed E-state index contributed by atoms with van der Waals surface area (Å²) >= 11 is 5.92. The molecule has 21 heavy (non-hydrogen) atoms. The third-order valence-corrected chi connectivity index (χ3v) is 4.66. The molecule has 1 aromatic carbocycles. The number of nitrogens with zero attached hydrogens (tertiary/aromatic N) is 1. The van der Waals surface area contributed by atoms with Gasteiger partial charge in [0.25, 0.3) is 5.91 Å². The molecular weight excluding hydrogens is 288 g/mol. The lowest BCUT2D eigenvalue weighted by Crippen LogP contribution is -2.40. The van der Waals surface area contributed by atoms with Crippen molar-refractivity contribution in [3.63, 3.8) is 0 Å². The molecule has 1 saturated heterocycles. The SMILES string of the molecule is O=C(c1ccc(O)c(Cl)c1)N(CC1CCNCC1)C1CC1. The van der Waals surface area contributed by atoms with Gasteiger partial charge in [-0.2, -0.15) is 0 Å². The van der Waals surface area contributed by atoms with Crippen LogP contribution in [0.2, 0.25) is 5.02 Å². The number of hydrogen-bond acceptors (Lipinski definition) is 3. The number of hydrogen-bond donors (Lipinski definition) is 2. The van der Waals surface area contributed by atoms with Gasteiger partial charge in [0.1, 0.15) is 5.75 Å². The fourth-order valence-corrected chi connectivity index (χ4v) is 3.11. The van der Waals surface area contributed by atoms with Gasteiger partial charge in [-0.25, -0.2) is 0 Å². The monoisotopic (exact) mass is 308 g/mol. The molecule has 4 nitrogen and oxygen atoms in total. The van der Waals surface area contributed by atoms with E-state index in [2.05, 4.69) is 5.32 Å². The predicted octanol–water partition coefficient (Wildman–Crippen LogP) is 2.65. The third-order valence-electron chi connectivity index (χ3n) is 4.36. The van der Waals surface area contributed by atoms with Gasteiger partial charge < -0.3 is 15.3 Å². The molecule has 0 atom stereocenters. The van der Waals surface area contributed by atoms with Crippen LogP contribution in [0, 0.1) is 5.92 Å². The Hall–Kier alpha value is -1.26. The molecular formula is C16H21ClN2O2. The van der Waals surface area contributed by atoms with Crippen LogP contribution in [0.5, 0.6) is 5.75 Å². The first-order valence-electron chi connectivity index (χ1n) is 7.65. The van der Waals surface area contributed by atoms with Gasteiger partial charge >= 0.3 is 0 Å². The van der Waals surface area contributed by atoms with Crippen molar-refractivity contribution in [1.29, 1.82) is 0 Å². The molecule has 1 aliphatic heterocycles. The molecule has 2 fully saturated rings. The number of amides is 1. The molecule has 2 aliphatic rings. The standard InChI is InChI=1S/C16H21ClN2O2/c17-14-9-12(1-4-15(14)20)16(21)19(13-2-3-13)10-11-5-7-18-8-6-11/h1,4,9,11,13,18,20H,2-3,5-8,10H2. The van der Waals surface area contributed by atoms with Crippen molar-refractivity contribution in [3.05, 3.63) is 28.8 Å². The first-order valence-corrected chi connectivity index (χ1v) is 8.03. The Bertz CT molecular complexity index is 525. The predicted molar refractivity (Wildman–Crippen MR) is 82.8 cm³/mol. The highest BCUT2D eigenvalue weighted by atomic mass is 35.5. The van der Waals surface area contributed by atoms with E-state index < -0.39 is 0 Å². The van der Waals surface area contributed by atoms with E-state index in [-0.39, 0.29) is 16.7 Å². The summed E-state index contributed by atoms with van der Waals surface area (Å²) in [4.78, 5) is 14.7. The summed E-state index contributed by atoms with van der Waals surface area (Å²) in [6, 6.07) is 5.10. The van der Waals surface area contributed by atoms with Crippen molar-refractivity contribution in [1.82, 2.24) is 10.2 Å². The smallest absolute Gasteiger partial charge is 0.254 e. The molecule has 0 bridgehead atoms. The summed E-state index contributed by atoms with van der Waals surface area (Å²) in [6.45, 7) is 2.93. The molecule has 1 aliphatic carbocycles. The zero-order valence-electron chi connectivity index (χ0n) is 12.0. The first-order chi connectivity index (χ1) is 10.1. The van der Waals surface area contributed by atoms with Crippen LogP contribution < -0.4 is 5.32 Å². The largest absolute Gasteiger partial charge is 0.506 e. The Balaban J connectivity index is 1.73. The molecule has 5 heteroatoms. The second-order valence-electron chi connectivity index (χ2n) is 6.05. The minimum Gasteiger partial charge on any atom is -0.506 e. The maximum atomic E-state index is 12.7. The summed E-state index contributed by atoms with van der Waals surface area (Å²) in [7, 11) is 0. The number of nitrogens with one attached hydrogen (secondary N) is 1. The van der Waals surface area contributed by atoms with E-state index in [1.807, 2.05) is 4.90 Å². The van der Waals surface area contributed by atoms with Crippen LogP contribution in [0.4, 0.5) is 0 Å². The van der Waals surface area contributed by atoms with Crippen molar-refractivity contribution in [3.8, 4) is 5.75 Å². The van der Waals surface area contributed by atoms with Crippen molar-refractivity contribution >= 4 is 17.5 Å². The van der Waals surface area contributed by atoms with Gasteiger partial charge in [0.15, 0.2) is 0 Å². The Kier molecular flexibility index (Phi) is 4.36. The van der Waals surface area contributed by atoms with Gasteiger partial charge in [0.05, 0.1) is 5.02 Å². The van der Waals surface area contributed by atoms with Crippen molar-refractivity contribution in [2.24, 2.45) is 5.92 Å². The molecule has 1 aromatic rings. The Labute approximate surface area is 130 Å². The lowest BCUT2D eigenvalue weighted by Gasteiger charge is -2.30. The van der Waals surface area contributed by atoms with Crippen molar-refractivity contribution in [2.45, 2.75) is 31.7 Å². The quantitative estimate of drug-likeness (QED) is 0.899. The molecule has 114 valence electrons. The minimum atomic E-state index is 0.0181. The molecule has 0 radical (unpaired) electrons. The van der Waals surface area contributed by atoms with E-state index in [4.69, 9.17) is 11.6 Å². The highest BCUT2D eigenvalue weighted by Gasteiger charge is 2.34. The van der Waals surface area contributed by atoms with Crippen molar-refractivity contribution in [2.75, 3.05) is 19.6 Å². The van der Waals surface area contributed by atoms with E-state index in [1.54, 1.807) is 12.1 Å². The van der Waals surface area contributed by atoms with E-state index in [0.29, 0.717) is 17.5 Å². The number of piperidine rings is 1. The van der Waals surface area contributed by atoms with Gasteiger partial charge in [-0.15, -0.1) is 0 Å². The minimum absolute atomic E-state index is 0.0181.